The van der Waals surface area contributed by atoms with Crippen LogP contribution in [0.3, 0.4) is 0 Å². The van der Waals surface area contributed by atoms with Crippen molar-refractivity contribution in [2.45, 2.75) is 13.5 Å². The summed E-state index contributed by atoms with van der Waals surface area (Å²) in [5.41, 5.74) is 2.07. The molecule has 7 nitrogen and oxygen atoms in total. The maximum Gasteiger partial charge on any atom is 0.235 e. The third-order valence-electron chi connectivity index (χ3n) is 4.04. The lowest BCUT2D eigenvalue weighted by Gasteiger charge is -2.08. The second-order valence-corrected chi connectivity index (χ2v) is 6.85. The zero-order chi connectivity index (χ0) is 18.8. The van der Waals surface area contributed by atoms with Gasteiger partial charge in [-0.3, -0.25) is 0 Å². The number of hydrogen-bond donors (Lipinski definition) is 0. The van der Waals surface area contributed by atoms with Crippen molar-refractivity contribution >= 4 is 16.3 Å². The Kier molecular flexibility index (Phi) is 4.64. The Morgan fingerprint density at radius 3 is 2.63 bits per heavy atom. The molecule has 0 saturated carbocycles. The summed E-state index contributed by atoms with van der Waals surface area (Å²) in [6.07, 6.45) is 0. The lowest BCUT2D eigenvalue weighted by Crippen LogP contribution is -2.02. The van der Waals surface area contributed by atoms with Crippen LogP contribution in [-0.2, 0) is 6.61 Å². The minimum atomic E-state index is 0.291. The first-order valence-corrected chi connectivity index (χ1v) is 9.12. The molecule has 0 aliphatic carbocycles. The van der Waals surface area contributed by atoms with Crippen LogP contribution < -0.4 is 14.2 Å². The monoisotopic (exact) mass is 382 g/mol. The lowest BCUT2D eigenvalue weighted by molar-refractivity contribution is 0.292. The third kappa shape index (κ3) is 3.43. The van der Waals surface area contributed by atoms with E-state index in [0.717, 1.165) is 21.9 Å². The molecule has 2 heterocycles. The minimum absolute atomic E-state index is 0.291. The molecule has 138 valence electrons. The zero-order valence-electron chi connectivity index (χ0n) is 15.2. The first kappa shape index (κ1) is 17.3. The Balaban J connectivity index is 1.60. The molecule has 0 saturated heterocycles. The van der Waals surface area contributed by atoms with Crippen LogP contribution in [0.5, 0.6) is 17.2 Å². The minimum Gasteiger partial charge on any atom is -0.493 e. The van der Waals surface area contributed by atoms with E-state index in [0.29, 0.717) is 28.9 Å². The van der Waals surface area contributed by atoms with Crippen LogP contribution in [0.2, 0.25) is 0 Å². The average molecular weight is 382 g/mol. The van der Waals surface area contributed by atoms with Crippen molar-refractivity contribution in [1.29, 1.82) is 0 Å². The molecule has 0 radical (unpaired) electrons. The highest BCUT2D eigenvalue weighted by atomic mass is 32.1. The largest absolute Gasteiger partial charge is 0.493 e. The average Bonchev–Trinajstić information content (AvgIpc) is 3.27. The predicted molar refractivity (Wildman–Crippen MR) is 103 cm³/mol. The summed E-state index contributed by atoms with van der Waals surface area (Å²) >= 11 is 1.45. The summed E-state index contributed by atoms with van der Waals surface area (Å²) in [5, 5.41) is 13.8. The number of rotatable bonds is 6. The number of methoxy groups -OCH3 is 2. The van der Waals surface area contributed by atoms with Crippen molar-refractivity contribution in [2.24, 2.45) is 0 Å². The summed E-state index contributed by atoms with van der Waals surface area (Å²) in [6, 6.07) is 13.6. The van der Waals surface area contributed by atoms with E-state index in [4.69, 9.17) is 14.2 Å². The van der Waals surface area contributed by atoms with Crippen molar-refractivity contribution in [2.75, 3.05) is 14.2 Å². The fourth-order valence-electron chi connectivity index (χ4n) is 2.69. The Bertz CT molecular complexity index is 1090. The number of aromatic nitrogens is 4. The summed E-state index contributed by atoms with van der Waals surface area (Å²) in [5.74, 6) is 2.78. The number of benzene rings is 2. The predicted octanol–water partition coefficient (Wildman–Crippen LogP) is 3.76. The van der Waals surface area contributed by atoms with E-state index in [-0.39, 0.29) is 0 Å². The molecule has 4 rings (SSSR count). The third-order valence-corrected chi connectivity index (χ3v) is 4.99. The highest BCUT2D eigenvalue weighted by Gasteiger charge is 2.15. The Morgan fingerprint density at radius 2 is 1.85 bits per heavy atom. The molecule has 0 bridgehead atoms. The van der Waals surface area contributed by atoms with Gasteiger partial charge in [-0.2, -0.15) is 9.61 Å². The number of aryl methyl sites for hydroxylation is 1. The molecule has 0 atom stereocenters. The maximum absolute atomic E-state index is 5.83. The normalized spacial score (nSPS) is 10.9. The number of fused-ring (bicyclic) bond motifs is 1. The fourth-order valence-corrected chi connectivity index (χ4v) is 3.54. The van der Waals surface area contributed by atoms with Gasteiger partial charge in [-0.15, -0.1) is 10.2 Å². The molecule has 0 aliphatic heterocycles. The Hall–Kier alpha value is -3.13. The quantitative estimate of drug-likeness (QED) is 0.506. The molecule has 0 amide bonds. The summed E-state index contributed by atoms with van der Waals surface area (Å²) in [7, 11) is 3.22. The van der Waals surface area contributed by atoms with Gasteiger partial charge in [0.15, 0.2) is 17.3 Å². The molecule has 0 aliphatic rings. The first-order valence-electron chi connectivity index (χ1n) is 8.31. The van der Waals surface area contributed by atoms with Crippen LogP contribution in [0, 0.1) is 6.92 Å². The standard InChI is InChI=1S/C19H18N4O3S/c1-12-5-4-6-14(9-12)26-11-17-20-21-19-23(17)22-18(27-19)13-7-8-15(24-2)16(10-13)25-3/h4-10H,11H2,1-3H3. The van der Waals surface area contributed by atoms with E-state index in [1.807, 2.05) is 49.4 Å². The molecular formula is C19H18N4O3S. The summed E-state index contributed by atoms with van der Waals surface area (Å²) in [6.45, 7) is 2.32. The molecule has 27 heavy (non-hydrogen) atoms. The number of ether oxygens (including phenoxy) is 3. The highest BCUT2D eigenvalue weighted by molar-refractivity contribution is 7.19. The van der Waals surface area contributed by atoms with Crippen LogP contribution >= 0.6 is 11.3 Å². The topological polar surface area (TPSA) is 70.8 Å². The van der Waals surface area contributed by atoms with Crippen LogP contribution in [0.15, 0.2) is 42.5 Å². The lowest BCUT2D eigenvalue weighted by atomic mass is 10.2. The van der Waals surface area contributed by atoms with Gasteiger partial charge in [-0.25, -0.2) is 0 Å². The Morgan fingerprint density at radius 1 is 1.00 bits per heavy atom. The van der Waals surface area contributed by atoms with E-state index in [1.165, 1.54) is 11.3 Å². The van der Waals surface area contributed by atoms with Gasteiger partial charge in [0.25, 0.3) is 0 Å². The van der Waals surface area contributed by atoms with E-state index in [1.54, 1.807) is 18.7 Å². The molecule has 8 heteroatoms. The molecule has 0 N–H and O–H groups in total. The van der Waals surface area contributed by atoms with Gasteiger partial charge in [0.1, 0.15) is 17.4 Å². The Labute approximate surface area is 160 Å². The van der Waals surface area contributed by atoms with E-state index < -0.39 is 0 Å². The van der Waals surface area contributed by atoms with Gasteiger partial charge in [-0.05, 0) is 42.8 Å². The maximum atomic E-state index is 5.83. The number of nitrogens with zero attached hydrogens (tertiary/aromatic N) is 4. The smallest absolute Gasteiger partial charge is 0.235 e. The highest BCUT2D eigenvalue weighted by Crippen LogP contribution is 2.34. The van der Waals surface area contributed by atoms with E-state index in [2.05, 4.69) is 15.3 Å². The SMILES string of the molecule is COc1ccc(-c2nn3c(COc4cccc(C)c4)nnc3s2)cc1OC. The van der Waals surface area contributed by atoms with E-state index >= 15 is 0 Å². The zero-order valence-corrected chi connectivity index (χ0v) is 16.0. The first-order chi connectivity index (χ1) is 13.2. The molecule has 0 fully saturated rings. The molecule has 0 spiro atoms. The fraction of sp³-hybridized carbons (Fsp3) is 0.211. The van der Waals surface area contributed by atoms with Gasteiger partial charge in [-0.1, -0.05) is 23.5 Å². The van der Waals surface area contributed by atoms with Crippen LogP contribution in [0.1, 0.15) is 11.4 Å². The van der Waals surface area contributed by atoms with Crippen LogP contribution in [0.25, 0.3) is 15.5 Å². The van der Waals surface area contributed by atoms with Crippen molar-refractivity contribution in [3.8, 4) is 27.8 Å². The second kappa shape index (κ2) is 7.24. The van der Waals surface area contributed by atoms with Crippen molar-refractivity contribution in [3.05, 3.63) is 53.9 Å². The molecular weight excluding hydrogens is 364 g/mol. The summed E-state index contributed by atoms with van der Waals surface area (Å²) in [4.78, 5) is 0.711. The summed E-state index contributed by atoms with van der Waals surface area (Å²) < 4.78 is 18.2. The number of hydrogen-bond acceptors (Lipinski definition) is 7. The van der Waals surface area contributed by atoms with Crippen LogP contribution in [-0.4, -0.2) is 34.0 Å². The van der Waals surface area contributed by atoms with Crippen molar-refractivity contribution < 1.29 is 14.2 Å². The molecule has 2 aromatic carbocycles. The van der Waals surface area contributed by atoms with Crippen molar-refractivity contribution in [1.82, 2.24) is 19.8 Å². The van der Waals surface area contributed by atoms with Gasteiger partial charge in [0, 0.05) is 5.56 Å². The molecule has 4 aromatic rings. The second-order valence-electron chi connectivity index (χ2n) is 5.89. The van der Waals surface area contributed by atoms with Gasteiger partial charge < -0.3 is 14.2 Å². The molecule has 0 unspecified atom stereocenters. The van der Waals surface area contributed by atoms with Crippen LogP contribution in [0.4, 0.5) is 0 Å². The van der Waals surface area contributed by atoms with Crippen molar-refractivity contribution in [3.63, 3.8) is 0 Å². The van der Waals surface area contributed by atoms with Gasteiger partial charge >= 0.3 is 0 Å². The van der Waals surface area contributed by atoms with Gasteiger partial charge in [0.05, 0.1) is 14.2 Å². The van der Waals surface area contributed by atoms with E-state index in [9.17, 15) is 0 Å². The van der Waals surface area contributed by atoms with Gasteiger partial charge in [0.2, 0.25) is 4.96 Å². The molecule has 2 aromatic heterocycles.